The lowest BCUT2D eigenvalue weighted by Gasteiger charge is -2.32. The molecule has 0 aromatic heterocycles. The topological polar surface area (TPSA) is 172 Å². The van der Waals surface area contributed by atoms with Crippen molar-refractivity contribution in [2.75, 3.05) is 19.9 Å². The zero-order chi connectivity index (χ0) is 33.6. The number of carboxylic acid groups (broad SMARTS) is 1. The van der Waals surface area contributed by atoms with E-state index >= 15 is 0 Å². The highest BCUT2D eigenvalue weighted by Gasteiger charge is 2.43. The van der Waals surface area contributed by atoms with Crippen LogP contribution in [0.5, 0.6) is 0 Å². The van der Waals surface area contributed by atoms with Gasteiger partial charge in [0.05, 0.1) is 17.2 Å². The van der Waals surface area contributed by atoms with Crippen LogP contribution in [0.1, 0.15) is 58.4 Å². The van der Waals surface area contributed by atoms with Gasteiger partial charge in [-0.05, 0) is 62.1 Å². The summed E-state index contributed by atoms with van der Waals surface area (Å²) in [7, 11) is -4.55. The molecule has 0 radical (unpaired) electrons. The quantitative estimate of drug-likeness (QED) is 0.106. The van der Waals surface area contributed by atoms with E-state index in [0.717, 1.165) is 0 Å². The number of amides is 1. The van der Waals surface area contributed by atoms with Gasteiger partial charge in [0, 0.05) is 19.4 Å². The molecule has 3 N–H and O–H groups in total. The zero-order valence-corrected chi connectivity index (χ0v) is 26.7. The maximum Gasteiger partial charge on any atom is 0.374 e. The summed E-state index contributed by atoms with van der Waals surface area (Å²) in [4.78, 5) is 51.2. The molecule has 47 heavy (non-hydrogen) atoms. The number of nitrogens with two attached hydrogens (primary N) is 1. The lowest BCUT2D eigenvalue weighted by atomic mass is 10.1. The van der Waals surface area contributed by atoms with Crippen molar-refractivity contribution in [3.63, 3.8) is 0 Å². The van der Waals surface area contributed by atoms with Crippen LogP contribution >= 0.6 is 7.60 Å². The number of likely N-dealkylation sites (tertiary alicyclic amines) is 1. The largest absolute Gasteiger partial charge is 0.480 e. The van der Waals surface area contributed by atoms with E-state index in [-0.39, 0.29) is 43.4 Å². The normalized spacial score (nSPS) is 17.2. The Morgan fingerprint density at radius 1 is 0.894 bits per heavy atom. The third-order valence-corrected chi connectivity index (χ3v) is 9.67. The minimum Gasteiger partial charge on any atom is -0.480 e. The number of ether oxygens (including phenoxy) is 2. The van der Waals surface area contributed by atoms with Crippen molar-refractivity contribution in [2.24, 2.45) is 5.73 Å². The average Bonchev–Trinajstić information content (AvgIpc) is 3.54. The Kier molecular flexibility index (Phi) is 13.2. The first kappa shape index (κ1) is 35.5. The third kappa shape index (κ3) is 10.9. The monoisotopic (exact) mass is 666 g/mol. The van der Waals surface area contributed by atoms with Crippen molar-refractivity contribution in [3.8, 4) is 0 Å². The molecule has 4 rings (SSSR count). The van der Waals surface area contributed by atoms with Gasteiger partial charge in [-0.1, -0.05) is 66.7 Å². The number of aliphatic carboxylic acids is 1. The second kappa shape index (κ2) is 17.5. The smallest absolute Gasteiger partial charge is 0.374 e. The van der Waals surface area contributed by atoms with E-state index in [2.05, 4.69) is 0 Å². The van der Waals surface area contributed by atoms with Gasteiger partial charge in [-0.15, -0.1) is 0 Å². The molecule has 0 saturated carbocycles. The fraction of sp³-hybridized carbons (Fsp3) is 0.353. The zero-order valence-electron chi connectivity index (χ0n) is 25.8. The maximum absolute atomic E-state index is 15.0. The second-order valence-corrected chi connectivity index (χ2v) is 13.2. The number of benzene rings is 3. The number of carbonyl (C=O) groups is 4. The first-order valence-corrected chi connectivity index (χ1v) is 17.0. The van der Waals surface area contributed by atoms with Crippen molar-refractivity contribution >= 4 is 31.4 Å². The van der Waals surface area contributed by atoms with E-state index in [1.165, 1.54) is 0 Å². The van der Waals surface area contributed by atoms with E-state index in [1.807, 2.05) is 0 Å². The summed E-state index contributed by atoms with van der Waals surface area (Å²) in [5, 5.41) is 9.77. The number of rotatable bonds is 18. The Bertz CT molecular complexity index is 1520. The van der Waals surface area contributed by atoms with E-state index in [9.17, 15) is 28.8 Å². The summed E-state index contributed by atoms with van der Waals surface area (Å²) < 4.78 is 38.1. The van der Waals surface area contributed by atoms with Gasteiger partial charge in [0.15, 0.2) is 0 Å². The summed E-state index contributed by atoms with van der Waals surface area (Å²) in [6, 6.07) is 24.3. The van der Waals surface area contributed by atoms with Gasteiger partial charge in [-0.2, -0.15) is 0 Å². The molecule has 1 saturated heterocycles. The Labute approximate surface area is 273 Å². The van der Waals surface area contributed by atoms with Crippen molar-refractivity contribution in [1.29, 1.82) is 0 Å². The molecular weight excluding hydrogens is 627 g/mol. The molecule has 1 heterocycles. The Morgan fingerprint density at radius 2 is 1.49 bits per heavy atom. The Balaban J connectivity index is 1.66. The first-order chi connectivity index (χ1) is 22.6. The number of carbonyl (C=O) groups excluding carboxylic acids is 3. The Morgan fingerprint density at radius 3 is 2.09 bits per heavy atom. The maximum atomic E-state index is 15.0. The third-order valence-electron chi connectivity index (χ3n) is 7.62. The van der Waals surface area contributed by atoms with Crippen molar-refractivity contribution in [1.82, 2.24) is 4.90 Å². The molecule has 0 bridgehead atoms. The SMILES string of the molecule is NC(=O)CCC[C@@H](CN1CCC[C@H]1C(=O)O)OP(=O)(OCOC(=O)c1ccccc1)C(Cc1ccccc1)OC(=O)c1ccccc1. The molecule has 3 aromatic carbocycles. The number of nitrogens with zero attached hydrogens (tertiary/aromatic N) is 1. The van der Waals surface area contributed by atoms with Gasteiger partial charge in [0.25, 0.3) is 0 Å². The highest BCUT2D eigenvalue weighted by Crippen LogP contribution is 2.56. The number of esters is 2. The number of carboxylic acids is 1. The standard InChI is InChI=1S/C34H39N2O10P/c35-30(37)20-10-18-28(23-36-21-11-19-29(36)32(38)39)46-47(42,44-24-43-33(40)26-14-6-2-7-15-26)31(22-25-12-4-1-5-13-25)45-34(41)27-16-8-3-9-17-27/h1-9,12-17,28-29,31H,10-11,18-24H2,(H2,35,37)(H,38,39)/t28-,29-,31?,47?/m0/s1. The van der Waals surface area contributed by atoms with Crippen LogP contribution in [0.4, 0.5) is 0 Å². The molecule has 13 heteroatoms. The van der Waals surface area contributed by atoms with Crippen molar-refractivity contribution < 1.29 is 47.4 Å². The summed E-state index contributed by atoms with van der Waals surface area (Å²) in [5.41, 5.74) is 6.46. The van der Waals surface area contributed by atoms with E-state index in [0.29, 0.717) is 24.9 Å². The van der Waals surface area contributed by atoms with Gasteiger partial charge in [-0.3, -0.25) is 23.6 Å². The van der Waals surface area contributed by atoms with Gasteiger partial charge in [-0.25, -0.2) is 9.59 Å². The van der Waals surface area contributed by atoms with Crippen LogP contribution < -0.4 is 5.73 Å². The minimum absolute atomic E-state index is 0.0124. The van der Waals surface area contributed by atoms with E-state index in [4.69, 9.17) is 24.3 Å². The predicted molar refractivity (Wildman–Crippen MR) is 171 cm³/mol. The lowest BCUT2D eigenvalue weighted by Crippen LogP contribution is -2.41. The van der Waals surface area contributed by atoms with Gasteiger partial charge in [0.2, 0.25) is 18.5 Å². The molecule has 250 valence electrons. The summed E-state index contributed by atoms with van der Waals surface area (Å²) in [5.74, 6) is -4.56. The average molecular weight is 667 g/mol. The highest BCUT2D eigenvalue weighted by molar-refractivity contribution is 7.54. The molecule has 0 spiro atoms. The first-order valence-electron chi connectivity index (χ1n) is 15.3. The Hall–Kier alpha value is -4.35. The van der Waals surface area contributed by atoms with Gasteiger partial charge in [0.1, 0.15) is 6.04 Å². The molecule has 2 unspecified atom stereocenters. The summed E-state index contributed by atoms with van der Waals surface area (Å²) in [6.45, 7) is -0.296. The molecule has 1 aliphatic rings. The lowest BCUT2D eigenvalue weighted by molar-refractivity contribution is -0.142. The van der Waals surface area contributed by atoms with Crippen LogP contribution in [0.15, 0.2) is 91.0 Å². The molecule has 3 aromatic rings. The van der Waals surface area contributed by atoms with Gasteiger partial charge < -0.3 is 24.8 Å². The fourth-order valence-electron chi connectivity index (χ4n) is 5.27. The number of primary amides is 1. The number of hydrogen-bond acceptors (Lipinski definition) is 10. The molecule has 4 atom stereocenters. The molecule has 1 aliphatic heterocycles. The van der Waals surface area contributed by atoms with Gasteiger partial charge >= 0.3 is 25.5 Å². The molecule has 12 nitrogen and oxygen atoms in total. The second-order valence-electron chi connectivity index (χ2n) is 11.1. The van der Waals surface area contributed by atoms with Crippen LogP contribution in [-0.2, 0) is 39.1 Å². The molecule has 1 amide bonds. The van der Waals surface area contributed by atoms with Crippen molar-refractivity contribution in [3.05, 3.63) is 108 Å². The number of hydrogen-bond donors (Lipinski definition) is 2. The summed E-state index contributed by atoms with van der Waals surface area (Å²) in [6.07, 6.45) is 0.476. The van der Waals surface area contributed by atoms with Crippen LogP contribution in [0.25, 0.3) is 0 Å². The minimum atomic E-state index is -4.55. The molecule has 0 aliphatic carbocycles. The summed E-state index contributed by atoms with van der Waals surface area (Å²) >= 11 is 0. The van der Waals surface area contributed by atoms with Crippen LogP contribution in [0.2, 0.25) is 0 Å². The van der Waals surface area contributed by atoms with Crippen LogP contribution in [0, 0.1) is 0 Å². The van der Waals surface area contributed by atoms with Crippen LogP contribution in [0.3, 0.4) is 0 Å². The van der Waals surface area contributed by atoms with E-state index < -0.39 is 56.2 Å². The molecular formula is C34H39N2O10P. The fourth-order valence-corrected chi connectivity index (χ4v) is 7.08. The highest BCUT2D eigenvalue weighted by atomic mass is 31.2. The molecule has 1 fully saturated rings. The van der Waals surface area contributed by atoms with E-state index in [1.54, 1.807) is 95.9 Å². The van der Waals surface area contributed by atoms with Crippen molar-refractivity contribution in [2.45, 2.75) is 56.5 Å². The predicted octanol–water partition coefficient (Wildman–Crippen LogP) is 5.03. The van der Waals surface area contributed by atoms with Crippen LogP contribution in [-0.4, -0.2) is 71.7 Å².